The van der Waals surface area contributed by atoms with Crippen LogP contribution in [0.15, 0.2) is 64.3 Å². The van der Waals surface area contributed by atoms with Crippen molar-refractivity contribution in [1.82, 2.24) is 9.13 Å². The summed E-state index contributed by atoms with van der Waals surface area (Å²) in [5, 5.41) is 0. The molecule has 0 bridgehead atoms. The second kappa shape index (κ2) is 15.7. The molecule has 3 aromatic carbocycles. The highest BCUT2D eigenvalue weighted by atomic mass is 32.2. The van der Waals surface area contributed by atoms with E-state index in [9.17, 15) is 13.2 Å². The van der Waals surface area contributed by atoms with Crippen LogP contribution in [0, 0.1) is 0 Å². The molecule has 244 valence electrons. The number of nitrogens with one attached hydrogen (secondary N) is 1. The maximum absolute atomic E-state index is 13.7. The van der Waals surface area contributed by atoms with Gasteiger partial charge in [0.25, 0.3) is 10.0 Å². The second-order valence-electron chi connectivity index (χ2n) is 9.94. The molecule has 0 amide bonds. The van der Waals surface area contributed by atoms with E-state index in [1.165, 1.54) is 34.4 Å². The van der Waals surface area contributed by atoms with E-state index in [1.54, 1.807) is 44.4 Å². The predicted octanol–water partition coefficient (Wildman–Crippen LogP) is 3.64. The Hall–Kier alpha value is -4.24. The second-order valence-corrected chi connectivity index (χ2v) is 11.6. The van der Waals surface area contributed by atoms with Crippen LogP contribution in [0.25, 0.3) is 11.0 Å². The summed E-state index contributed by atoms with van der Waals surface area (Å²) < 4.78 is 66.8. The van der Waals surface area contributed by atoms with Crippen LogP contribution in [0.3, 0.4) is 0 Å². The molecule has 3 N–H and O–H groups in total. The third-order valence-electron chi connectivity index (χ3n) is 6.69. The number of nitrogens with zero attached hydrogens (tertiary/aromatic N) is 2. The summed E-state index contributed by atoms with van der Waals surface area (Å²) >= 11 is 0. The summed E-state index contributed by atoms with van der Waals surface area (Å²) in [6.45, 7) is 4.63. The molecule has 1 aromatic heterocycles. The van der Waals surface area contributed by atoms with Gasteiger partial charge >= 0.3 is 5.69 Å². The lowest BCUT2D eigenvalue weighted by atomic mass is 10.2. The Bertz CT molecular complexity index is 1750. The number of imidazole rings is 1. The quantitative estimate of drug-likeness (QED) is 0.154. The van der Waals surface area contributed by atoms with Crippen LogP contribution < -0.4 is 35.1 Å². The minimum Gasteiger partial charge on any atom is -0.493 e. The number of hydrogen-bond donors (Lipinski definition) is 2. The molecular formula is C31H40N4O9S. The fourth-order valence-electron chi connectivity index (χ4n) is 4.42. The zero-order valence-electron chi connectivity index (χ0n) is 25.9. The van der Waals surface area contributed by atoms with Gasteiger partial charge in [0.2, 0.25) is 0 Å². The van der Waals surface area contributed by atoms with E-state index in [1.807, 2.05) is 13.0 Å². The van der Waals surface area contributed by atoms with Crippen LogP contribution in [-0.2, 0) is 33.6 Å². The number of fused-ring (bicyclic) bond motifs is 1. The average Bonchev–Trinajstić information content (AvgIpc) is 3.24. The van der Waals surface area contributed by atoms with Crippen molar-refractivity contribution in [1.29, 1.82) is 0 Å². The maximum atomic E-state index is 13.7. The first kappa shape index (κ1) is 33.6. The Morgan fingerprint density at radius 1 is 0.778 bits per heavy atom. The van der Waals surface area contributed by atoms with Gasteiger partial charge in [0.15, 0.2) is 17.2 Å². The van der Waals surface area contributed by atoms with Crippen molar-refractivity contribution in [3.8, 4) is 28.7 Å². The normalized spacial score (nSPS) is 11.5. The molecule has 13 nitrogen and oxygen atoms in total. The van der Waals surface area contributed by atoms with Gasteiger partial charge in [-0.15, -0.1) is 0 Å². The van der Waals surface area contributed by atoms with Crippen molar-refractivity contribution in [3.63, 3.8) is 0 Å². The van der Waals surface area contributed by atoms with Crippen molar-refractivity contribution in [2.75, 3.05) is 58.0 Å². The summed E-state index contributed by atoms with van der Waals surface area (Å²) in [5.74, 6) is 1.82. The summed E-state index contributed by atoms with van der Waals surface area (Å²) in [4.78, 5) is 12.6. The molecule has 1 heterocycles. The number of benzene rings is 3. The molecule has 45 heavy (non-hydrogen) atoms. The highest BCUT2D eigenvalue weighted by Crippen LogP contribution is 2.37. The van der Waals surface area contributed by atoms with Gasteiger partial charge < -0.3 is 34.2 Å². The monoisotopic (exact) mass is 644 g/mol. The number of methoxy groups -OCH3 is 1. The minimum atomic E-state index is -4.17. The van der Waals surface area contributed by atoms with E-state index in [4.69, 9.17) is 34.2 Å². The first-order valence-corrected chi connectivity index (χ1v) is 16.0. The van der Waals surface area contributed by atoms with Crippen LogP contribution in [-0.4, -0.2) is 70.8 Å². The van der Waals surface area contributed by atoms with Crippen molar-refractivity contribution in [2.45, 2.75) is 18.2 Å². The molecule has 0 saturated heterocycles. The summed E-state index contributed by atoms with van der Waals surface area (Å²) in [5.41, 5.74) is 6.33. The minimum absolute atomic E-state index is 0.0719. The Kier molecular flexibility index (Phi) is 11.7. The Labute approximate surface area is 262 Å². The van der Waals surface area contributed by atoms with Crippen LogP contribution >= 0.6 is 0 Å². The fraction of sp³-hybridized carbons (Fsp3) is 0.387. The lowest BCUT2D eigenvalue weighted by Gasteiger charge is -2.16. The highest BCUT2D eigenvalue weighted by molar-refractivity contribution is 7.92. The maximum Gasteiger partial charge on any atom is 0.328 e. The molecular weight excluding hydrogens is 604 g/mol. The first-order valence-electron chi connectivity index (χ1n) is 14.5. The topological polar surface area (TPSA) is 154 Å². The lowest BCUT2D eigenvalue weighted by Crippen LogP contribution is -2.19. The van der Waals surface area contributed by atoms with Crippen LogP contribution in [0.1, 0.15) is 13.3 Å². The van der Waals surface area contributed by atoms with E-state index in [-0.39, 0.29) is 41.0 Å². The molecule has 0 saturated carbocycles. The number of anilines is 1. The zero-order chi connectivity index (χ0) is 32.4. The van der Waals surface area contributed by atoms with Crippen LogP contribution in [0.2, 0.25) is 0 Å². The van der Waals surface area contributed by atoms with Crippen molar-refractivity contribution in [3.05, 3.63) is 65.1 Å². The molecule has 14 heteroatoms. The largest absolute Gasteiger partial charge is 0.493 e. The van der Waals surface area contributed by atoms with Gasteiger partial charge in [-0.1, -0.05) is 13.0 Å². The third-order valence-corrected chi connectivity index (χ3v) is 8.05. The van der Waals surface area contributed by atoms with Crippen LogP contribution in [0.5, 0.6) is 28.7 Å². The Balaban J connectivity index is 1.61. The number of hydrogen-bond acceptors (Lipinski definition) is 10. The van der Waals surface area contributed by atoms with Gasteiger partial charge in [0, 0.05) is 38.8 Å². The molecule has 0 aliphatic rings. The molecule has 0 aliphatic carbocycles. The smallest absolute Gasteiger partial charge is 0.328 e. The molecule has 0 fully saturated rings. The van der Waals surface area contributed by atoms with Gasteiger partial charge in [-0.2, -0.15) is 0 Å². The number of ether oxygens (including phenoxy) is 6. The summed E-state index contributed by atoms with van der Waals surface area (Å²) in [6.07, 6.45) is 0.840. The zero-order valence-corrected chi connectivity index (χ0v) is 26.7. The molecule has 0 spiro atoms. The van der Waals surface area contributed by atoms with Crippen LogP contribution in [0.4, 0.5) is 5.69 Å². The van der Waals surface area contributed by atoms with Gasteiger partial charge in [-0.05, 0) is 36.8 Å². The number of nitrogens with two attached hydrogens (primary N) is 1. The van der Waals surface area contributed by atoms with E-state index in [0.717, 1.165) is 6.42 Å². The van der Waals surface area contributed by atoms with Crippen molar-refractivity contribution >= 4 is 26.7 Å². The standard InChI is InChI=1S/C31H40N4O9S/c1-5-12-42-22-7-6-8-23(18-22)44-29-21-27-26(34(2)31(36)35(27)3)20-25(29)33-45(37,38)24-9-10-28(39-4)30(19-24)43-17-16-41-15-14-40-13-11-32/h6-10,18-21,33H,5,11-17,32H2,1-4H3. The average molecular weight is 645 g/mol. The third kappa shape index (κ3) is 8.48. The molecule has 0 unspecified atom stereocenters. The van der Waals surface area contributed by atoms with Crippen molar-refractivity contribution in [2.24, 2.45) is 19.8 Å². The predicted molar refractivity (Wildman–Crippen MR) is 170 cm³/mol. The number of rotatable bonds is 18. The molecule has 0 aliphatic heterocycles. The van der Waals surface area contributed by atoms with E-state index < -0.39 is 10.0 Å². The molecule has 0 radical (unpaired) electrons. The summed E-state index contributed by atoms with van der Waals surface area (Å²) in [7, 11) is 0.541. The number of aromatic nitrogens is 2. The molecule has 4 rings (SSSR count). The SMILES string of the molecule is CCCOc1cccc(Oc2cc3c(cc2NS(=O)(=O)c2ccc(OC)c(OCCOCCOCCN)c2)n(C)c(=O)n3C)c1. The number of sulfonamides is 1. The lowest BCUT2D eigenvalue weighted by molar-refractivity contribution is 0.0384. The first-order chi connectivity index (χ1) is 21.7. The van der Waals surface area contributed by atoms with E-state index in [0.29, 0.717) is 61.3 Å². The van der Waals surface area contributed by atoms with Gasteiger partial charge in [0.05, 0.1) is 61.8 Å². The van der Waals surface area contributed by atoms with Gasteiger partial charge in [-0.25, -0.2) is 13.2 Å². The van der Waals surface area contributed by atoms with E-state index >= 15 is 0 Å². The molecule has 4 aromatic rings. The Morgan fingerprint density at radius 3 is 2.18 bits per heavy atom. The highest BCUT2D eigenvalue weighted by Gasteiger charge is 2.22. The summed E-state index contributed by atoms with van der Waals surface area (Å²) in [6, 6.07) is 14.5. The fourth-order valence-corrected chi connectivity index (χ4v) is 5.50. The Morgan fingerprint density at radius 2 is 1.47 bits per heavy atom. The van der Waals surface area contributed by atoms with Gasteiger partial charge in [0.1, 0.15) is 18.1 Å². The number of aryl methyl sites for hydroxylation is 2. The van der Waals surface area contributed by atoms with Gasteiger partial charge in [-0.3, -0.25) is 13.9 Å². The van der Waals surface area contributed by atoms with Crippen molar-refractivity contribution < 1.29 is 36.8 Å². The van der Waals surface area contributed by atoms with E-state index in [2.05, 4.69) is 4.72 Å². The molecule has 0 atom stereocenters.